The number of hydrogen-bond acceptors (Lipinski definition) is 3. The average molecular weight is 517 g/mol. The number of amides is 1. The third-order valence-corrected chi connectivity index (χ3v) is 5.51. The van der Waals surface area contributed by atoms with Gasteiger partial charge in [-0.15, -0.1) is 0 Å². The Morgan fingerprint density at radius 1 is 1.00 bits per heavy atom. The Bertz CT molecular complexity index is 1490. The summed E-state index contributed by atoms with van der Waals surface area (Å²) in [6.45, 7) is 0.216. The van der Waals surface area contributed by atoms with E-state index in [-0.39, 0.29) is 29.7 Å². The molecule has 0 spiro atoms. The van der Waals surface area contributed by atoms with Crippen LogP contribution in [0.4, 0.5) is 26.3 Å². The fraction of sp³-hybridized carbons (Fsp3) is 0.154. The van der Waals surface area contributed by atoms with Gasteiger partial charge in [0.25, 0.3) is 5.91 Å². The van der Waals surface area contributed by atoms with Gasteiger partial charge in [0.05, 0.1) is 11.1 Å². The van der Waals surface area contributed by atoms with Crippen molar-refractivity contribution in [2.24, 2.45) is 0 Å². The molecule has 0 aliphatic rings. The molecule has 0 bridgehead atoms. The first kappa shape index (κ1) is 25.6. The number of alkyl halides is 6. The zero-order chi connectivity index (χ0) is 26.8. The summed E-state index contributed by atoms with van der Waals surface area (Å²) in [5, 5.41) is 13.0. The Labute approximate surface area is 206 Å². The molecule has 0 saturated heterocycles. The maximum absolute atomic E-state index is 13.1. The van der Waals surface area contributed by atoms with Crippen molar-refractivity contribution < 1.29 is 35.6 Å². The number of fused-ring (bicyclic) bond motifs is 1. The number of nitrogens with one attached hydrogen (secondary N) is 2. The number of halogens is 6. The minimum Gasteiger partial charge on any atom is -0.457 e. The molecule has 0 unspecified atom stereocenters. The van der Waals surface area contributed by atoms with Crippen LogP contribution in [0, 0.1) is 11.3 Å². The quantitative estimate of drug-likeness (QED) is 0.169. The van der Waals surface area contributed by atoms with Crippen molar-refractivity contribution in [2.75, 3.05) is 6.54 Å². The summed E-state index contributed by atoms with van der Waals surface area (Å²) in [7, 11) is 0. The van der Waals surface area contributed by atoms with E-state index in [9.17, 15) is 36.4 Å². The van der Waals surface area contributed by atoms with E-state index in [0.29, 0.717) is 18.6 Å². The van der Waals surface area contributed by atoms with Gasteiger partial charge in [0.2, 0.25) is 0 Å². The SMILES string of the molecule is N#CC(=Cc1ccc(-c2cc(C(F)(F)F)cc(C(F)(F)F)c2)o1)C(=O)NCCc1c[nH]c2ccccc12. The van der Waals surface area contributed by atoms with Gasteiger partial charge < -0.3 is 14.7 Å². The van der Waals surface area contributed by atoms with Gasteiger partial charge in [-0.3, -0.25) is 4.79 Å². The predicted molar refractivity (Wildman–Crippen MR) is 123 cm³/mol. The lowest BCUT2D eigenvalue weighted by Gasteiger charge is -2.13. The standard InChI is InChI=1S/C26H17F6N3O2/c27-25(28,29)18-9-16(10-19(12-18)26(30,31)32)23-6-5-20(37-23)11-17(13-33)24(36)34-8-7-15-14-35-22-4-2-1-3-21(15)22/h1-6,9-12,14,35H,7-8H2,(H,34,36). The molecule has 190 valence electrons. The first-order valence-corrected chi connectivity index (χ1v) is 10.8. The van der Waals surface area contributed by atoms with E-state index in [1.165, 1.54) is 6.07 Å². The molecule has 0 fully saturated rings. The highest BCUT2D eigenvalue weighted by Gasteiger charge is 2.37. The molecule has 1 amide bonds. The second-order valence-corrected chi connectivity index (χ2v) is 8.03. The van der Waals surface area contributed by atoms with Gasteiger partial charge in [0.15, 0.2) is 0 Å². The summed E-state index contributed by atoms with van der Waals surface area (Å²) < 4.78 is 84.2. The number of aromatic amines is 1. The molecule has 0 atom stereocenters. The maximum Gasteiger partial charge on any atom is 0.416 e. The third-order valence-electron chi connectivity index (χ3n) is 5.51. The Kier molecular flexibility index (Phi) is 6.85. The van der Waals surface area contributed by atoms with E-state index in [2.05, 4.69) is 10.3 Å². The number of benzene rings is 2. The molecule has 4 rings (SSSR count). The number of carbonyl (C=O) groups is 1. The minimum absolute atomic E-state index is 0.0155. The lowest BCUT2D eigenvalue weighted by molar-refractivity contribution is -0.143. The molecule has 2 aromatic heterocycles. The minimum atomic E-state index is -5.01. The van der Waals surface area contributed by atoms with E-state index in [4.69, 9.17) is 4.42 Å². The van der Waals surface area contributed by atoms with Crippen LogP contribution in [0.15, 0.2) is 70.8 Å². The smallest absolute Gasteiger partial charge is 0.416 e. The van der Waals surface area contributed by atoms with Crippen molar-refractivity contribution in [1.29, 1.82) is 5.26 Å². The fourth-order valence-corrected chi connectivity index (χ4v) is 3.72. The van der Waals surface area contributed by atoms with Crippen LogP contribution in [0.2, 0.25) is 0 Å². The van der Waals surface area contributed by atoms with Crippen LogP contribution in [0.25, 0.3) is 28.3 Å². The Balaban J connectivity index is 1.50. The zero-order valence-electron chi connectivity index (χ0n) is 18.8. The molecule has 37 heavy (non-hydrogen) atoms. The van der Waals surface area contributed by atoms with Gasteiger partial charge in [0.1, 0.15) is 23.2 Å². The molecule has 2 N–H and O–H groups in total. The van der Waals surface area contributed by atoms with Crippen LogP contribution in [0.1, 0.15) is 22.5 Å². The number of para-hydroxylation sites is 1. The zero-order valence-corrected chi connectivity index (χ0v) is 18.8. The molecule has 4 aromatic rings. The summed E-state index contributed by atoms with van der Waals surface area (Å²) >= 11 is 0. The number of furan rings is 1. The van der Waals surface area contributed by atoms with Crippen molar-refractivity contribution >= 4 is 22.9 Å². The molecular weight excluding hydrogens is 500 g/mol. The lowest BCUT2D eigenvalue weighted by atomic mass is 10.0. The largest absolute Gasteiger partial charge is 0.457 e. The van der Waals surface area contributed by atoms with Crippen molar-refractivity contribution in [1.82, 2.24) is 10.3 Å². The summed E-state index contributed by atoms with van der Waals surface area (Å²) in [6.07, 6.45) is -6.66. The second-order valence-electron chi connectivity index (χ2n) is 8.03. The molecular formula is C26H17F6N3O2. The van der Waals surface area contributed by atoms with E-state index < -0.39 is 35.0 Å². The van der Waals surface area contributed by atoms with Crippen LogP contribution in [-0.4, -0.2) is 17.4 Å². The molecule has 0 aliphatic carbocycles. The number of rotatable bonds is 6. The number of nitrogens with zero attached hydrogens (tertiary/aromatic N) is 1. The first-order chi connectivity index (χ1) is 17.5. The molecule has 11 heteroatoms. The lowest BCUT2D eigenvalue weighted by Crippen LogP contribution is -2.26. The van der Waals surface area contributed by atoms with Crippen LogP contribution < -0.4 is 5.32 Å². The second kappa shape index (κ2) is 9.89. The van der Waals surface area contributed by atoms with Crippen molar-refractivity contribution in [3.8, 4) is 17.4 Å². The van der Waals surface area contributed by atoms with E-state index in [0.717, 1.165) is 28.6 Å². The van der Waals surface area contributed by atoms with Gasteiger partial charge in [-0.2, -0.15) is 31.6 Å². The Hall–Kier alpha value is -4.46. The van der Waals surface area contributed by atoms with Gasteiger partial charge in [-0.05, 0) is 48.4 Å². The number of carbonyl (C=O) groups excluding carboxylic acids is 1. The van der Waals surface area contributed by atoms with Crippen molar-refractivity contribution in [3.63, 3.8) is 0 Å². The molecule has 0 aliphatic heterocycles. The van der Waals surface area contributed by atoms with E-state index >= 15 is 0 Å². The number of nitriles is 1. The molecule has 0 radical (unpaired) electrons. The average Bonchev–Trinajstić information content (AvgIpc) is 3.48. The first-order valence-electron chi connectivity index (χ1n) is 10.8. The highest BCUT2D eigenvalue weighted by atomic mass is 19.4. The number of hydrogen-bond donors (Lipinski definition) is 2. The molecule has 0 saturated carbocycles. The fourth-order valence-electron chi connectivity index (χ4n) is 3.72. The Morgan fingerprint density at radius 3 is 2.32 bits per heavy atom. The third kappa shape index (κ3) is 5.86. The van der Waals surface area contributed by atoms with Crippen LogP contribution in [0.5, 0.6) is 0 Å². The normalized spacial score (nSPS) is 12.5. The number of aromatic nitrogens is 1. The van der Waals surface area contributed by atoms with Crippen molar-refractivity contribution in [3.05, 3.63) is 88.8 Å². The summed E-state index contributed by atoms with van der Waals surface area (Å²) in [5.74, 6) is -1.09. The van der Waals surface area contributed by atoms with Crippen molar-refractivity contribution in [2.45, 2.75) is 18.8 Å². The van der Waals surface area contributed by atoms with Gasteiger partial charge >= 0.3 is 12.4 Å². The van der Waals surface area contributed by atoms with Gasteiger partial charge in [-0.1, -0.05) is 18.2 Å². The predicted octanol–water partition coefficient (Wildman–Crippen LogP) is 6.73. The molecule has 5 nitrogen and oxygen atoms in total. The monoisotopic (exact) mass is 517 g/mol. The van der Waals surface area contributed by atoms with Crippen LogP contribution in [0.3, 0.4) is 0 Å². The summed E-state index contributed by atoms with van der Waals surface area (Å²) in [5.41, 5.74) is -1.87. The highest BCUT2D eigenvalue weighted by molar-refractivity contribution is 6.01. The molecule has 2 heterocycles. The number of H-pyrrole nitrogens is 1. The van der Waals surface area contributed by atoms with Gasteiger partial charge in [-0.25, -0.2) is 0 Å². The van der Waals surface area contributed by atoms with Crippen LogP contribution >= 0.6 is 0 Å². The topological polar surface area (TPSA) is 81.8 Å². The molecule has 2 aromatic carbocycles. The Morgan fingerprint density at radius 2 is 1.68 bits per heavy atom. The van der Waals surface area contributed by atoms with Gasteiger partial charge in [0, 0.05) is 35.3 Å². The van der Waals surface area contributed by atoms with E-state index in [1.54, 1.807) is 6.07 Å². The maximum atomic E-state index is 13.1. The highest BCUT2D eigenvalue weighted by Crippen LogP contribution is 2.39. The summed E-state index contributed by atoms with van der Waals surface area (Å²) in [4.78, 5) is 15.6. The van der Waals surface area contributed by atoms with E-state index in [1.807, 2.05) is 30.5 Å². The van der Waals surface area contributed by atoms with Crippen LogP contribution in [-0.2, 0) is 23.6 Å². The summed E-state index contributed by atoms with van der Waals surface area (Å²) in [6, 6.07) is 12.8.